The number of ketones is 2. The largest absolute Gasteiger partial charge is 0.378 e. The van der Waals surface area contributed by atoms with Crippen molar-refractivity contribution >= 4 is 17.3 Å². The maximum absolute atomic E-state index is 12.8. The fraction of sp³-hybridized carbons (Fsp3) is 0.385. The Kier molecular flexibility index (Phi) is 4.82. The molecular weight excluding hydrogens is 221 g/mol. The number of halogens is 1. The van der Waals surface area contributed by atoms with Gasteiger partial charge < -0.3 is 5.32 Å². The third-order valence-corrected chi connectivity index (χ3v) is 2.45. The number of aryl methyl sites for hydroxylation is 1. The van der Waals surface area contributed by atoms with Gasteiger partial charge in [0.25, 0.3) is 0 Å². The van der Waals surface area contributed by atoms with E-state index in [9.17, 15) is 14.0 Å². The van der Waals surface area contributed by atoms with E-state index in [0.717, 1.165) is 5.56 Å². The smallest absolute Gasteiger partial charge is 0.159 e. The molecule has 17 heavy (non-hydrogen) atoms. The molecule has 1 rings (SSSR count). The molecule has 0 aliphatic heterocycles. The van der Waals surface area contributed by atoms with E-state index in [0.29, 0.717) is 12.1 Å². The molecule has 0 radical (unpaired) electrons. The Morgan fingerprint density at radius 1 is 1.29 bits per heavy atom. The van der Waals surface area contributed by atoms with Gasteiger partial charge in [0.2, 0.25) is 0 Å². The lowest BCUT2D eigenvalue weighted by Crippen LogP contribution is -2.17. The van der Waals surface area contributed by atoms with Crippen molar-refractivity contribution in [2.45, 2.75) is 26.7 Å². The number of anilines is 1. The van der Waals surface area contributed by atoms with Crippen LogP contribution in [0.15, 0.2) is 18.2 Å². The average molecular weight is 237 g/mol. The van der Waals surface area contributed by atoms with Crippen LogP contribution >= 0.6 is 0 Å². The molecule has 3 nitrogen and oxygen atoms in total. The molecule has 1 N–H and O–H groups in total. The van der Waals surface area contributed by atoms with E-state index >= 15 is 0 Å². The summed E-state index contributed by atoms with van der Waals surface area (Å²) < 4.78 is 12.8. The van der Waals surface area contributed by atoms with Gasteiger partial charge in [0, 0.05) is 12.1 Å². The minimum Gasteiger partial charge on any atom is -0.378 e. The molecular formula is C13H16FNO2. The Hall–Kier alpha value is -1.71. The van der Waals surface area contributed by atoms with Crippen LogP contribution in [-0.4, -0.2) is 18.1 Å². The standard InChI is InChI=1S/C13H16FNO2/c1-3-11(16)7-12(17)8-15-13-5-4-10(14)6-9(13)2/h4-6,15H,3,7-8H2,1-2H3. The minimum absolute atomic E-state index is 0.0380. The van der Waals surface area contributed by atoms with Gasteiger partial charge in [-0.25, -0.2) is 4.39 Å². The Balaban J connectivity index is 2.50. The summed E-state index contributed by atoms with van der Waals surface area (Å²) in [6.45, 7) is 3.58. The van der Waals surface area contributed by atoms with Crippen molar-refractivity contribution in [3.05, 3.63) is 29.6 Å². The predicted molar refractivity (Wildman–Crippen MR) is 64.5 cm³/mol. The SMILES string of the molecule is CCC(=O)CC(=O)CNc1ccc(F)cc1C. The van der Waals surface area contributed by atoms with E-state index in [1.54, 1.807) is 19.9 Å². The van der Waals surface area contributed by atoms with Crippen LogP contribution in [0, 0.1) is 12.7 Å². The summed E-state index contributed by atoms with van der Waals surface area (Å²) in [5, 5.41) is 2.90. The third-order valence-electron chi connectivity index (χ3n) is 2.45. The topological polar surface area (TPSA) is 46.2 Å². The maximum atomic E-state index is 12.8. The molecule has 0 unspecified atom stereocenters. The summed E-state index contributed by atoms with van der Waals surface area (Å²) in [6.07, 6.45) is 0.338. The number of carbonyl (C=O) groups excluding carboxylic acids is 2. The molecule has 0 aromatic heterocycles. The Morgan fingerprint density at radius 3 is 2.59 bits per heavy atom. The molecule has 0 aliphatic carbocycles. The monoisotopic (exact) mass is 237 g/mol. The summed E-state index contributed by atoms with van der Waals surface area (Å²) in [4.78, 5) is 22.5. The average Bonchev–Trinajstić information content (AvgIpc) is 2.27. The zero-order valence-corrected chi connectivity index (χ0v) is 10.0. The van der Waals surface area contributed by atoms with Gasteiger partial charge in [0.15, 0.2) is 5.78 Å². The lowest BCUT2D eigenvalue weighted by molar-refractivity contribution is -0.125. The number of hydrogen-bond acceptors (Lipinski definition) is 3. The lowest BCUT2D eigenvalue weighted by Gasteiger charge is -2.08. The molecule has 0 atom stereocenters. The van der Waals surface area contributed by atoms with Crippen molar-refractivity contribution in [1.82, 2.24) is 0 Å². The Morgan fingerprint density at radius 2 is 2.00 bits per heavy atom. The highest BCUT2D eigenvalue weighted by Gasteiger charge is 2.08. The second-order valence-corrected chi connectivity index (χ2v) is 3.92. The zero-order valence-electron chi connectivity index (χ0n) is 10.0. The minimum atomic E-state index is -0.305. The highest BCUT2D eigenvalue weighted by atomic mass is 19.1. The van der Waals surface area contributed by atoms with Crippen LogP contribution in [0.1, 0.15) is 25.3 Å². The second-order valence-electron chi connectivity index (χ2n) is 3.92. The molecule has 92 valence electrons. The van der Waals surface area contributed by atoms with Gasteiger partial charge in [0.1, 0.15) is 11.6 Å². The van der Waals surface area contributed by atoms with Gasteiger partial charge >= 0.3 is 0 Å². The molecule has 0 amide bonds. The van der Waals surface area contributed by atoms with E-state index < -0.39 is 0 Å². The third kappa shape index (κ3) is 4.34. The summed E-state index contributed by atoms with van der Waals surface area (Å²) in [7, 11) is 0. The first kappa shape index (κ1) is 13.4. The molecule has 1 aromatic rings. The van der Waals surface area contributed by atoms with Crippen LogP contribution < -0.4 is 5.32 Å². The number of benzene rings is 1. The van der Waals surface area contributed by atoms with Gasteiger partial charge in [-0.3, -0.25) is 9.59 Å². The van der Waals surface area contributed by atoms with Crippen LogP contribution in [0.3, 0.4) is 0 Å². The van der Waals surface area contributed by atoms with Crippen molar-refractivity contribution in [2.75, 3.05) is 11.9 Å². The van der Waals surface area contributed by atoms with Gasteiger partial charge in [-0.2, -0.15) is 0 Å². The first-order valence-corrected chi connectivity index (χ1v) is 5.56. The number of hydrogen-bond donors (Lipinski definition) is 1. The van der Waals surface area contributed by atoms with E-state index in [2.05, 4.69) is 5.32 Å². The molecule has 0 aliphatic rings. The van der Waals surface area contributed by atoms with Crippen LogP contribution in [0.4, 0.5) is 10.1 Å². The number of nitrogens with one attached hydrogen (secondary N) is 1. The number of Topliss-reactive ketones (excluding diaryl/α,β-unsaturated/α-hetero) is 2. The summed E-state index contributed by atoms with van der Waals surface area (Å²) in [5.74, 6) is -0.520. The van der Waals surface area contributed by atoms with Crippen LogP contribution in [-0.2, 0) is 9.59 Å². The van der Waals surface area contributed by atoms with Gasteiger partial charge in [-0.05, 0) is 30.7 Å². The molecule has 0 heterocycles. The fourth-order valence-electron chi connectivity index (χ4n) is 1.43. The molecule has 0 fully saturated rings. The van der Waals surface area contributed by atoms with Gasteiger partial charge in [0.05, 0.1) is 13.0 Å². The predicted octanol–water partition coefficient (Wildman–Crippen LogP) is 2.48. The zero-order chi connectivity index (χ0) is 12.8. The van der Waals surface area contributed by atoms with E-state index in [4.69, 9.17) is 0 Å². The van der Waals surface area contributed by atoms with E-state index in [1.165, 1.54) is 12.1 Å². The van der Waals surface area contributed by atoms with Crippen LogP contribution in [0.5, 0.6) is 0 Å². The van der Waals surface area contributed by atoms with Crippen LogP contribution in [0.2, 0.25) is 0 Å². The second kappa shape index (κ2) is 6.13. The van der Waals surface area contributed by atoms with Crippen molar-refractivity contribution in [1.29, 1.82) is 0 Å². The van der Waals surface area contributed by atoms with Gasteiger partial charge in [-0.15, -0.1) is 0 Å². The highest BCUT2D eigenvalue weighted by molar-refractivity contribution is 6.00. The van der Waals surface area contributed by atoms with Crippen LogP contribution in [0.25, 0.3) is 0 Å². The van der Waals surface area contributed by atoms with E-state index in [1.807, 2.05) is 0 Å². The molecule has 0 spiro atoms. The molecule has 4 heteroatoms. The quantitative estimate of drug-likeness (QED) is 0.773. The van der Waals surface area contributed by atoms with Crippen molar-refractivity contribution in [3.63, 3.8) is 0 Å². The van der Waals surface area contributed by atoms with Crippen molar-refractivity contribution in [2.24, 2.45) is 0 Å². The lowest BCUT2D eigenvalue weighted by atomic mass is 10.1. The van der Waals surface area contributed by atoms with Crippen molar-refractivity contribution in [3.8, 4) is 0 Å². The first-order chi connectivity index (χ1) is 8.02. The van der Waals surface area contributed by atoms with Gasteiger partial charge in [-0.1, -0.05) is 6.92 Å². The summed E-state index contributed by atoms with van der Waals surface area (Å²) in [5.41, 5.74) is 1.45. The summed E-state index contributed by atoms with van der Waals surface area (Å²) in [6, 6.07) is 4.31. The normalized spacial score (nSPS) is 10.1. The van der Waals surface area contributed by atoms with Crippen molar-refractivity contribution < 1.29 is 14.0 Å². The highest BCUT2D eigenvalue weighted by Crippen LogP contribution is 2.15. The molecule has 1 aromatic carbocycles. The molecule has 0 saturated carbocycles. The first-order valence-electron chi connectivity index (χ1n) is 5.56. The fourth-order valence-corrected chi connectivity index (χ4v) is 1.43. The number of rotatable bonds is 6. The maximum Gasteiger partial charge on any atom is 0.159 e. The molecule has 0 saturated heterocycles. The Bertz CT molecular complexity index is 429. The van der Waals surface area contributed by atoms with E-state index in [-0.39, 0.29) is 30.3 Å². The Labute approximate surface area is 100 Å². The number of carbonyl (C=O) groups is 2. The summed E-state index contributed by atoms with van der Waals surface area (Å²) >= 11 is 0. The molecule has 0 bridgehead atoms.